The van der Waals surface area contributed by atoms with E-state index in [1.54, 1.807) is 6.08 Å². The van der Waals surface area contributed by atoms with E-state index in [-0.39, 0.29) is 12.5 Å². The number of amides is 1. The Morgan fingerprint density at radius 3 is 1.11 bits per heavy atom. The molecular formula is C71H121N2O6P. The first-order valence-corrected chi connectivity index (χ1v) is 33.7. The van der Waals surface area contributed by atoms with Crippen LogP contribution in [0.5, 0.6) is 0 Å². The van der Waals surface area contributed by atoms with Crippen molar-refractivity contribution in [2.24, 2.45) is 0 Å². The lowest BCUT2D eigenvalue weighted by molar-refractivity contribution is -0.870. The lowest BCUT2D eigenvalue weighted by Crippen LogP contribution is -2.45. The molecule has 8 nitrogen and oxygen atoms in total. The molecule has 1 amide bonds. The van der Waals surface area contributed by atoms with Crippen LogP contribution in [0.2, 0.25) is 0 Å². The highest BCUT2D eigenvalue weighted by atomic mass is 31.2. The van der Waals surface area contributed by atoms with Crippen LogP contribution < -0.4 is 10.2 Å². The summed E-state index contributed by atoms with van der Waals surface area (Å²) in [6.07, 6.45) is 92.2. The van der Waals surface area contributed by atoms with Gasteiger partial charge < -0.3 is 28.8 Å². The fourth-order valence-corrected chi connectivity index (χ4v) is 9.29. The molecule has 456 valence electrons. The van der Waals surface area contributed by atoms with E-state index in [0.29, 0.717) is 17.4 Å². The second kappa shape index (κ2) is 60.0. The fourth-order valence-electron chi connectivity index (χ4n) is 8.57. The summed E-state index contributed by atoms with van der Waals surface area (Å²) in [6.45, 7) is 4.52. The SMILES string of the molecule is CC/C=C\C/C=C\C/C=C\C/C=C\C/C=C\C/C=C\C/C=C\C/C=C\C/C=C\C/C=C\C/C=C\CCCCCCCCCC(=O)NC(COP(=O)([O-])OCC[N+](C)(C)C)C(O)/C=C/CCCCCCCCCCCCCCCCC. The fraction of sp³-hybridized carbons (Fsp3) is 0.648. The van der Waals surface area contributed by atoms with Gasteiger partial charge in [-0.15, -0.1) is 0 Å². The number of rotatable bonds is 57. The number of phosphoric acid groups is 1. The summed E-state index contributed by atoms with van der Waals surface area (Å²) < 4.78 is 23.4. The summed E-state index contributed by atoms with van der Waals surface area (Å²) in [4.78, 5) is 25.5. The number of hydrogen-bond donors (Lipinski definition) is 2. The van der Waals surface area contributed by atoms with Gasteiger partial charge in [-0.25, -0.2) is 0 Å². The Morgan fingerprint density at radius 2 is 0.762 bits per heavy atom. The first-order valence-electron chi connectivity index (χ1n) is 32.2. The number of nitrogens with zero attached hydrogens (tertiary/aromatic N) is 1. The van der Waals surface area contributed by atoms with Gasteiger partial charge in [0.2, 0.25) is 5.91 Å². The Balaban J connectivity index is 4.16. The summed E-state index contributed by atoms with van der Waals surface area (Å²) in [6, 6.07) is -0.903. The van der Waals surface area contributed by atoms with Gasteiger partial charge in [0.1, 0.15) is 13.2 Å². The third kappa shape index (κ3) is 62.0. The average Bonchev–Trinajstić information content (AvgIpc) is 3.42. The molecule has 0 aliphatic carbocycles. The number of unbranched alkanes of at least 4 members (excludes halogenated alkanes) is 22. The second-order valence-electron chi connectivity index (χ2n) is 22.4. The van der Waals surface area contributed by atoms with Crippen molar-refractivity contribution in [3.8, 4) is 0 Å². The first kappa shape index (κ1) is 76.4. The molecule has 3 unspecified atom stereocenters. The Hall–Kier alpha value is -3.62. The number of nitrogens with one attached hydrogen (secondary N) is 1. The number of aliphatic hydroxyl groups excluding tert-OH is 1. The minimum absolute atomic E-state index is 0.0101. The zero-order chi connectivity index (χ0) is 58.4. The number of phosphoric ester groups is 1. The standard InChI is InChI=1S/C71H121N2O6P/c1-6-8-10-12-14-16-18-20-22-24-25-26-27-28-29-30-31-32-33-34-35-36-37-38-39-40-41-42-43-44-45-46-47-49-51-53-55-57-59-61-63-65-71(75)72-69(68-79-80(76,77)78-67-66-73(3,4)5)70(74)64-62-60-58-56-54-52-50-48-23-21-19-17-15-13-11-9-7-2/h8,10,14,16,20,22,25-26,28-29,31-32,34-35,37-38,40-41,43-44,46-47,62,64,69-70,74H,6-7,9,11-13,15,17-19,21,23-24,27,30,33,36,39,42,45,48-61,63,65-68H2,1-5H3,(H-,72,75,76,77)/b10-8-,16-14-,22-20-,26-25-,29-28-,32-31-,35-34-,38-37-,41-40-,44-43-,47-46-,64-62+. The predicted octanol–water partition coefficient (Wildman–Crippen LogP) is 19.8. The van der Waals surface area contributed by atoms with Crippen LogP contribution in [0.4, 0.5) is 0 Å². The Kier molecular flexibility index (Phi) is 57.3. The van der Waals surface area contributed by atoms with Crippen LogP contribution in [0.25, 0.3) is 0 Å². The third-order valence-corrected chi connectivity index (χ3v) is 14.5. The lowest BCUT2D eigenvalue weighted by atomic mass is 10.0. The topological polar surface area (TPSA) is 108 Å². The van der Waals surface area contributed by atoms with E-state index in [4.69, 9.17) is 9.05 Å². The summed E-state index contributed by atoms with van der Waals surface area (Å²) in [5.41, 5.74) is 0. The predicted molar refractivity (Wildman–Crippen MR) is 348 cm³/mol. The van der Waals surface area contributed by atoms with Crippen molar-refractivity contribution in [2.75, 3.05) is 40.9 Å². The number of carbonyl (C=O) groups is 1. The molecule has 0 radical (unpaired) electrons. The molecule has 0 saturated heterocycles. The number of carbonyl (C=O) groups excluding carboxylic acids is 1. The number of quaternary nitrogens is 1. The molecule has 0 fully saturated rings. The summed E-state index contributed by atoms with van der Waals surface area (Å²) >= 11 is 0. The van der Waals surface area contributed by atoms with Gasteiger partial charge in [-0.3, -0.25) is 9.36 Å². The Morgan fingerprint density at radius 1 is 0.450 bits per heavy atom. The molecule has 0 bridgehead atoms. The number of likely N-dealkylation sites (N-methyl/N-ethyl adjacent to an activating group) is 1. The highest BCUT2D eigenvalue weighted by Crippen LogP contribution is 2.38. The first-order chi connectivity index (χ1) is 39.0. The molecule has 3 atom stereocenters. The van der Waals surface area contributed by atoms with Gasteiger partial charge >= 0.3 is 0 Å². The van der Waals surface area contributed by atoms with Crippen LogP contribution >= 0.6 is 7.82 Å². The van der Waals surface area contributed by atoms with Crippen LogP contribution in [0.1, 0.15) is 245 Å². The van der Waals surface area contributed by atoms with Crippen LogP contribution in [-0.4, -0.2) is 68.5 Å². The van der Waals surface area contributed by atoms with Gasteiger partial charge in [0, 0.05) is 6.42 Å². The van der Waals surface area contributed by atoms with Crippen LogP contribution in [0, 0.1) is 0 Å². The summed E-state index contributed by atoms with van der Waals surface area (Å²) in [7, 11) is 1.24. The van der Waals surface area contributed by atoms with Crippen molar-refractivity contribution in [3.63, 3.8) is 0 Å². The van der Waals surface area contributed by atoms with E-state index >= 15 is 0 Å². The normalized spacial score (nSPS) is 14.7. The van der Waals surface area contributed by atoms with Gasteiger partial charge in [0.25, 0.3) is 7.82 Å². The number of hydrogen-bond acceptors (Lipinski definition) is 6. The highest BCUT2D eigenvalue weighted by molar-refractivity contribution is 7.45. The Bertz CT molecular complexity index is 1810. The molecule has 0 saturated carbocycles. The average molecular weight is 1130 g/mol. The van der Waals surface area contributed by atoms with Gasteiger partial charge in [0.15, 0.2) is 0 Å². The third-order valence-electron chi connectivity index (χ3n) is 13.6. The van der Waals surface area contributed by atoms with Crippen molar-refractivity contribution in [1.82, 2.24) is 5.32 Å². The van der Waals surface area contributed by atoms with E-state index < -0.39 is 26.6 Å². The van der Waals surface area contributed by atoms with Crippen molar-refractivity contribution in [1.29, 1.82) is 0 Å². The minimum Gasteiger partial charge on any atom is -0.756 e. The molecule has 0 heterocycles. The zero-order valence-electron chi connectivity index (χ0n) is 52.0. The summed E-state index contributed by atoms with van der Waals surface area (Å²) in [5.74, 6) is -0.213. The monoisotopic (exact) mass is 1130 g/mol. The van der Waals surface area contributed by atoms with Crippen molar-refractivity contribution < 1.29 is 32.9 Å². The maximum Gasteiger partial charge on any atom is 0.268 e. The molecule has 0 aliphatic heterocycles. The van der Waals surface area contributed by atoms with Gasteiger partial charge in [-0.1, -0.05) is 282 Å². The van der Waals surface area contributed by atoms with Crippen LogP contribution in [-0.2, 0) is 18.4 Å². The van der Waals surface area contributed by atoms with Gasteiger partial charge in [-0.05, 0) is 103 Å². The summed E-state index contributed by atoms with van der Waals surface area (Å²) in [5, 5.41) is 13.9. The van der Waals surface area contributed by atoms with E-state index in [1.807, 2.05) is 27.2 Å². The molecule has 0 aliphatic rings. The molecule has 0 aromatic heterocycles. The maximum atomic E-state index is 13.0. The minimum atomic E-state index is -4.61. The van der Waals surface area contributed by atoms with Crippen molar-refractivity contribution >= 4 is 13.7 Å². The number of aliphatic hydroxyl groups is 1. The zero-order valence-corrected chi connectivity index (χ0v) is 52.9. The van der Waals surface area contributed by atoms with Crippen LogP contribution in [0.3, 0.4) is 0 Å². The van der Waals surface area contributed by atoms with E-state index in [1.165, 1.54) is 103 Å². The molecule has 0 aromatic carbocycles. The molecule has 80 heavy (non-hydrogen) atoms. The van der Waals surface area contributed by atoms with Gasteiger partial charge in [0.05, 0.1) is 39.9 Å². The molecule has 0 aromatic rings. The molecule has 0 spiro atoms. The molecule has 9 heteroatoms. The van der Waals surface area contributed by atoms with Crippen LogP contribution in [0.15, 0.2) is 146 Å². The van der Waals surface area contributed by atoms with Crippen molar-refractivity contribution in [2.45, 2.75) is 257 Å². The molecule has 0 rings (SSSR count). The Labute approximate surface area is 493 Å². The van der Waals surface area contributed by atoms with E-state index in [0.717, 1.165) is 122 Å². The van der Waals surface area contributed by atoms with Crippen molar-refractivity contribution in [3.05, 3.63) is 146 Å². The number of allylic oxidation sites excluding steroid dienone is 23. The maximum absolute atomic E-state index is 13.0. The quantitative estimate of drug-likeness (QED) is 0.0272. The highest BCUT2D eigenvalue weighted by Gasteiger charge is 2.23. The largest absolute Gasteiger partial charge is 0.756 e. The lowest BCUT2D eigenvalue weighted by Gasteiger charge is -2.29. The molecular weight excluding hydrogens is 1010 g/mol. The smallest absolute Gasteiger partial charge is 0.268 e. The second-order valence-corrected chi connectivity index (χ2v) is 23.8. The molecule has 2 N–H and O–H groups in total. The van der Waals surface area contributed by atoms with E-state index in [2.05, 4.69) is 153 Å². The van der Waals surface area contributed by atoms with E-state index in [9.17, 15) is 19.4 Å². The van der Waals surface area contributed by atoms with Gasteiger partial charge in [-0.2, -0.15) is 0 Å².